The average molecular weight is 247 g/mol. The molecule has 86 valence electrons. The molecule has 0 radical (unpaired) electrons. The molecule has 0 aromatic carbocycles. The zero-order valence-electron chi connectivity index (χ0n) is 7.79. The maximum Gasteiger partial charge on any atom is 0.353 e. The number of rotatable bonds is 3. The smallest absolute Gasteiger partial charge is 0.353 e. The minimum atomic E-state index is -1.60. The Labute approximate surface area is 91.8 Å². The highest BCUT2D eigenvalue weighted by molar-refractivity contribution is 7.16. The van der Waals surface area contributed by atoms with Crippen molar-refractivity contribution >= 4 is 29.0 Å². The molecule has 1 aromatic rings. The van der Waals surface area contributed by atoms with E-state index < -0.39 is 38.1 Å². The largest absolute Gasteiger partial charge is 0.501 e. The fourth-order valence-electron chi connectivity index (χ4n) is 0.959. The van der Waals surface area contributed by atoms with Crippen LogP contribution in [0, 0.1) is 10.1 Å². The van der Waals surface area contributed by atoms with Crippen molar-refractivity contribution in [2.24, 2.45) is 0 Å². The Balaban J connectivity index is 3.47. The van der Waals surface area contributed by atoms with Gasteiger partial charge < -0.3 is 14.9 Å². The number of hydrogen-bond donors (Lipinski definition) is 2. The maximum atomic E-state index is 11.1. The van der Waals surface area contributed by atoms with E-state index in [1.54, 1.807) is 0 Å². The molecule has 0 fully saturated rings. The lowest BCUT2D eigenvalue weighted by atomic mass is 10.3. The summed E-state index contributed by atoms with van der Waals surface area (Å²) in [6, 6.07) is 0. The number of ether oxygens (including phenoxy) is 1. The third-order valence-corrected chi connectivity index (χ3v) is 2.74. The van der Waals surface area contributed by atoms with E-state index in [1.807, 2.05) is 0 Å². The summed E-state index contributed by atoms with van der Waals surface area (Å²) in [5.74, 6) is -3.61. The highest BCUT2D eigenvalue weighted by Crippen LogP contribution is 2.41. The zero-order valence-corrected chi connectivity index (χ0v) is 8.61. The summed E-state index contributed by atoms with van der Waals surface area (Å²) in [4.78, 5) is 29.9. The van der Waals surface area contributed by atoms with Gasteiger partial charge in [-0.1, -0.05) is 0 Å². The SMILES string of the molecule is COC(=O)c1sc(C(=O)O)c([N+](=O)[O-])c1O. The third-order valence-electron chi connectivity index (χ3n) is 1.61. The third kappa shape index (κ3) is 1.80. The van der Waals surface area contributed by atoms with E-state index in [-0.39, 0.29) is 11.3 Å². The highest BCUT2D eigenvalue weighted by atomic mass is 32.1. The lowest BCUT2D eigenvalue weighted by Crippen LogP contribution is -1.98. The van der Waals surface area contributed by atoms with E-state index >= 15 is 0 Å². The predicted octanol–water partition coefficient (Wildman–Crippen LogP) is 0.847. The molecule has 2 N–H and O–H groups in total. The standard InChI is InChI=1S/C7H5NO7S/c1-15-7(12)5-3(9)2(8(13)14)4(16-5)6(10)11/h9H,1H3,(H,10,11). The highest BCUT2D eigenvalue weighted by Gasteiger charge is 2.34. The first kappa shape index (κ1) is 11.9. The quantitative estimate of drug-likeness (QED) is 0.460. The molecular weight excluding hydrogens is 242 g/mol. The molecule has 16 heavy (non-hydrogen) atoms. The van der Waals surface area contributed by atoms with Crippen molar-refractivity contribution in [3.63, 3.8) is 0 Å². The molecule has 8 nitrogen and oxygen atoms in total. The van der Waals surface area contributed by atoms with Crippen molar-refractivity contribution in [2.75, 3.05) is 7.11 Å². The van der Waals surface area contributed by atoms with Gasteiger partial charge in [0, 0.05) is 0 Å². The van der Waals surface area contributed by atoms with Gasteiger partial charge in [-0.05, 0) is 0 Å². The van der Waals surface area contributed by atoms with Crippen molar-refractivity contribution in [1.82, 2.24) is 0 Å². The summed E-state index contributed by atoms with van der Waals surface area (Å²) in [5, 5.41) is 28.5. The van der Waals surface area contributed by atoms with E-state index in [0.717, 1.165) is 7.11 Å². The van der Waals surface area contributed by atoms with Gasteiger partial charge in [-0.15, -0.1) is 11.3 Å². The second kappa shape index (κ2) is 4.14. The van der Waals surface area contributed by atoms with Gasteiger partial charge in [-0.25, -0.2) is 9.59 Å². The van der Waals surface area contributed by atoms with Crippen molar-refractivity contribution in [3.05, 3.63) is 19.9 Å². The summed E-state index contributed by atoms with van der Waals surface area (Å²) in [6.07, 6.45) is 0. The van der Waals surface area contributed by atoms with Crippen molar-refractivity contribution in [1.29, 1.82) is 0 Å². The molecule has 0 saturated carbocycles. The van der Waals surface area contributed by atoms with Crippen LogP contribution in [-0.4, -0.2) is 34.2 Å². The molecule has 0 atom stereocenters. The number of nitro groups is 1. The topological polar surface area (TPSA) is 127 Å². The summed E-state index contributed by atoms with van der Waals surface area (Å²) in [6.45, 7) is 0. The number of aromatic carboxylic acids is 1. The molecule has 9 heteroatoms. The second-order valence-electron chi connectivity index (χ2n) is 2.51. The molecule has 0 aliphatic carbocycles. The van der Waals surface area contributed by atoms with Crippen LogP contribution in [0.5, 0.6) is 5.75 Å². The average Bonchev–Trinajstić information content (AvgIpc) is 2.55. The Morgan fingerprint density at radius 2 is 2.00 bits per heavy atom. The molecular formula is C7H5NO7S. The first-order valence-electron chi connectivity index (χ1n) is 3.71. The lowest BCUT2D eigenvalue weighted by Gasteiger charge is -1.93. The molecule has 0 unspecified atom stereocenters. The van der Waals surface area contributed by atoms with Crippen LogP contribution in [0.25, 0.3) is 0 Å². The Bertz CT molecular complexity index is 477. The molecule has 0 spiro atoms. The summed E-state index contributed by atoms with van der Waals surface area (Å²) in [7, 11) is 1.01. The van der Waals surface area contributed by atoms with Crippen molar-refractivity contribution < 1.29 is 29.5 Å². The molecule has 0 bridgehead atoms. The Morgan fingerprint density at radius 3 is 2.31 bits per heavy atom. The molecule has 1 aromatic heterocycles. The Hall–Kier alpha value is -2.16. The van der Waals surface area contributed by atoms with Gasteiger partial charge in [0.15, 0.2) is 9.75 Å². The molecule has 1 heterocycles. The van der Waals surface area contributed by atoms with Crippen LogP contribution in [0.4, 0.5) is 5.69 Å². The Kier molecular flexibility index (Phi) is 3.09. The fraction of sp³-hybridized carbons (Fsp3) is 0.143. The van der Waals surface area contributed by atoms with Crippen LogP contribution in [0.15, 0.2) is 0 Å². The monoisotopic (exact) mass is 247 g/mol. The van der Waals surface area contributed by atoms with Crippen LogP contribution in [0.3, 0.4) is 0 Å². The van der Waals surface area contributed by atoms with Gasteiger partial charge in [-0.2, -0.15) is 0 Å². The second-order valence-corrected chi connectivity index (χ2v) is 3.53. The molecule has 0 saturated heterocycles. The van der Waals surface area contributed by atoms with Crippen LogP contribution < -0.4 is 0 Å². The number of carboxylic acid groups (broad SMARTS) is 1. The van der Waals surface area contributed by atoms with E-state index in [0.29, 0.717) is 0 Å². The minimum absolute atomic E-state index is 0.289. The number of carboxylic acids is 1. The van der Waals surface area contributed by atoms with E-state index in [1.165, 1.54) is 0 Å². The van der Waals surface area contributed by atoms with Crippen LogP contribution in [0.2, 0.25) is 0 Å². The van der Waals surface area contributed by atoms with Crippen LogP contribution in [0.1, 0.15) is 19.3 Å². The molecule has 1 rings (SSSR count). The number of methoxy groups -OCH3 is 1. The van der Waals surface area contributed by atoms with Gasteiger partial charge in [0.2, 0.25) is 5.75 Å². The van der Waals surface area contributed by atoms with Crippen LogP contribution >= 0.6 is 11.3 Å². The van der Waals surface area contributed by atoms with E-state index in [4.69, 9.17) is 5.11 Å². The summed E-state index contributed by atoms with van der Waals surface area (Å²) >= 11 is 0.289. The summed E-state index contributed by atoms with van der Waals surface area (Å²) in [5.41, 5.74) is -1.00. The van der Waals surface area contributed by atoms with E-state index in [2.05, 4.69) is 4.74 Å². The van der Waals surface area contributed by atoms with Crippen molar-refractivity contribution in [2.45, 2.75) is 0 Å². The molecule has 0 aliphatic heterocycles. The number of esters is 1. The van der Waals surface area contributed by atoms with Gasteiger partial charge >= 0.3 is 17.6 Å². The molecule has 0 amide bonds. The number of carbonyl (C=O) groups excluding carboxylic acids is 1. The van der Waals surface area contributed by atoms with Crippen LogP contribution in [-0.2, 0) is 4.74 Å². The normalized spacial score (nSPS) is 9.81. The zero-order chi connectivity index (χ0) is 12.5. The molecule has 0 aliphatic rings. The van der Waals surface area contributed by atoms with Gasteiger partial charge in [0.1, 0.15) is 0 Å². The van der Waals surface area contributed by atoms with Gasteiger partial charge in [0.05, 0.1) is 12.0 Å². The fourth-order valence-corrected chi connectivity index (χ4v) is 1.88. The number of nitrogens with zero attached hydrogens (tertiary/aromatic N) is 1. The Morgan fingerprint density at radius 1 is 1.44 bits per heavy atom. The number of hydrogen-bond acceptors (Lipinski definition) is 7. The van der Waals surface area contributed by atoms with E-state index in [9.17, 15) is 24.8 Å². The predicted molar refractivity (Wildman–Crippen MR) is 50.9 cm³/mol. The van der Waals surface area contributed by atoms with Gasteiger partial charge in [0.25, 0.3) is 0 Å². The minimum Gasteiger partial charge on any atom is -0.501 e. The first-order valence-corrected chi connectivity index (χ1v) is 4.53. The number of aromatic hydroxyl groups is 1. The number of thiophene rings is 1. The first-order chi connectivity index (χ1) is 7.40. The summed E-state index contributed by atoms with van der Waals surface area (Å²) < 4.78 is 4.24. The lowest BCUT2D eigenvalue weighted by molar-refractivity contribution is -0.385. The van der Waals surface area contributed by atoms with Crippen molar-refractivity contribution in [3.8, 4) is 5.75 Å². The maximum absolute atomic E-state index is 11.1. The number of carbonyl (C=O) groups is 2. The van der Waals surface area contributed by atoms with Gasteiger partial charge in [-0.3, -0.25) is 10.1 Å².